The summed E-state index contributed by atoms with van der Waals surface area (Å²) in [4.78, 5) is 2.14. The molecular weight excluding hydrogens is 273 g/mol. The molecule has 2 atom stereocenters. The lowest BCUT2D eigenvalue weighted by Crippen LogP contribution is -1.94. The van der Waals surface area contributed by atoms with Crippen molar-refractivity contribution in [2.75, 3.05) is 13.6 Å². The second kappa shape index (κ2) is 4.92. The maximum absolute atomic E-state index is 14.7. The summed E-state index contributed by atoms with van der Waals surface area (Å²) in [5.74, 6) is -0.0673. The largest absolute Gasteiger partial charge is 0.296 e. The molecule has 1 saturated heterocycles. The van der Waals surface area contributed by atoms with E-state index >= 15 is 0 Å². The van der Waals surface area contributed by atoms with Crippen LogP contribution in [-0.2, 0) is 0 Å². The third-order valence-corrected chi connectivity index (χ3v) is 4.59. The Hall–Kier alpha value is -2.19. The molecule has 4 rings (SSSR count). The Morgan fingerprint density at radius 3 is 2.32 bits per heavy atom. The van der Waals surface area contributed by atoms with Crippen LogP contribution in [0.5, 0.6) is 0 Å². The smallest absolute Gasteiger partial charge is 0.135 e. The van der Waals surface area contributed by atoms with E-state index in [4.69, 9.17) is 0 Å². The summed E-state index contributed by atoms with van der Waals surface area (Å²) >= 11 is 0. The number of likely N-dealkylation sites (N-methyl/N-ethyl adjacent to an activating group) is 1. The zero-order valence-electron chi connectivity index (χ0n) is 12.8. The van der Waals surface area contributed by atoms with Gasteiger partial charge in [0.05, 0.1) is 6.04 Å². The zero-order valence-corrected chi connectivity index (χ0v) is 12.8. The summed E-state index contributed by atoms with van der Waals surface area (Å²) in [6.07, 6.45) is 0. The van der Waals surface area contributed by atoms with E-state index in [1.165, 1.54) is 11.1 Å². The van der Waals surface area contributed by atoms with Crippen molar-refractivity contribution in [3.63, 3.8) is 0 Å². The predicted octanol–water partition coefficient (Wildman–Crippen LogP) is 4.94. The summed E-state index contributed by atoms with van der Waals surface area (Å²) in [7, 11) is 2.02. The number of rotatable bonds is 2. The molecule has 1 aliphatic heterocycles. The summed E-state index contributed by atoms with van der Waals surface area (Å²) < 4.78 is 14.7. The SMILES string of the molecule is Cc1ccc(-c2ccc3c(F)c([C@@H]4C[N@]4C)ccc3c2)cc1. The second-order valence-corrected chi connectivity index (χ2v) is 6.23. The average molecular weight is 291 g/mol. The van der Waals surface area contributed by atoms with Crippen LogP contribution in [0, 0.1) is 12.7 Å². The molecule has 0 radical (unpaired) electrons. The first-order valence-electron chi connectivity index (χ1n) is 7.63. The van der Waals surface area contributed by atoms with Gasteiger partial charge in [-0.15, -0.1) is 0 Å². The Kier molecular flexibility index (Phi) is 3.02. The molecular formula is C20H18FN. The van der Waals surface area contributed by atoms with Gasteiger partial charge in [0.1, 0.15) is 5.82 Å². The highest BCUT2D eigenvalue weighted by Gasteiger charge is 2.33. The first-order chi connectivity index (χ1) is 10.6. The van der Waals surface area contributed by atoms with Crippen LogP contribution < -0.4 is 0 Å². The van der Waals surface area contributed by atoms with Crippen LogP contribution in [0.1, 0.15) is 17.2 Å². The van der Waals surface area contributed by atoms with Crippen LogP contribution in [0.4, 0.5) is 4.39 Å². The van der Waals surface area contributed by atoms with Crippen molar-refractivity contribution in [3.05, 3.63) is 71.5 Å². The lowest BCUT2D eigenvalue weighted by molar-refractivity contribution is 0.582. The normalized spacial score (nSPS) is 20.3. The van der Waals surface area contributed by atoms with Gasteiger partial charge >= 0.3 is 0 Å². The van der Waals surface area contributed by atoms with Crippen LogP contribution in [0.2, 0.25) is 0 Å². The monoisotopic (exact) mass is 291 g/mol. The van der Waals surface area contributed by atoms with Gasteiger partial charge in [-0.2, -0.15) is 0 Å². The summed E-state index contributed by atoms with van der Waals surface area (Å²) in [5, 5.41) is 1.68. The van der Waals surface area contributed by atoms with Gasteiger partial charge in [-0.3, -0.25) is 4.90 Å². The first kappa shape index (κ1) is 13.5. The number of nitrogens with zero attached hydrogens (tertiary/aromatic N) is 1. The number of halogens is 1. The molecule has 0 N–H and O–H groups in total. The van der Waals surface area contributed by atoms with E-state index in [9.17, 15) is 4.39 Å². The van der Waals surface area contributed by atoms with Crippen molar-refractivity contribution in [1.29, 1.82) is 0 Å². The summed E-state index contributed by atoms with van der Waals surface area (Å²) in [6.45, 7) is 3.03. The van der Waals surface area contributed by atoms with Gasteiger partial charge in [-0.1, -0.05) is 54.1 Å². The maximum atomic E-state index is 14.7. The first-order valence-corrected chi connectivity index (χ1v) is 7.63. The van der Waals surface area contributed by atoms with Crippen molar-refractivity contribution in [2.45, 2.75) is 13.0 Å². The Bertz CT molecular complexity index is 851. The van der Waals surface area contributed by atoms with Gasteiger partial charge in [0.2, 0.25) is 0 Å². The van der Waals surface area contributed by atoms with Gasteiger partial charge < -0.3 is 0 Å². The van der Waals surface area contributed by atoms with Crippen molar-refractivity contribution in [3.8, 4) is 11.1 Å². The average Bonchev–Trinajstić information content (AvgIpc) is 3.24. The topological polar surface area (TPSA) is 3.01 Å². The Morgan fingerprint density at radius 2 is 1.64 bits per heavy atom. The second-order valence-electron chi connectivity index (χ2n) is 6.23. The minimum absolute atomic E-state index is 0.0673. The highest BCUT2D eigenvalue weighted by atomic mass is 19.1. The summed E-state index contributed by atoms with van der Waals surface area (Å²) in [6, 6.07) is 18.6. The fourth-order valence-corrected chi connectivity index (χ4v) is 3.05. The van der Waals surface area contributed by atoms with Gasteiger partial charge in [-0.05, 0) is 36.6 Å². The minimum Gasteiger partial charge on any atom is -0.296 e. The molecule has 1 nitrogen and oxygen atoms in total. The van der Waals surface area contributed by atoms with Crippen LogP contribution in [0.25, 0.3) is 21.9 Å². The number of aryl methyl sites for hydroxylation is 1. The van der Waals surface area contributed by atoms with E-state index in [0.29, 0.717) is 5.39 Å². The fourth-order valence-electron chi connectivity index (χ4n) is 3.05. The lowest BCUT2D eigenvalue weighted by Gasteiger charge is -2.08. The molecule has 0 amide bonds. The number of benzene rings is 3. The Morgan fingerprint density at radius 1 is 0.955 bits per heavy atom. The molecule has 0 saturated carbocycles. The van der Waals surface area contributed by atoms with E-state index < -0.39 is 0 Å². The number of hydrogen-bond acceptors (Lipinski definition) is 1. The van der Waals surface area contributed by atoms with Gasteiger partial charge in [0.25, 0.3) is 0 Å². The molecule has 3 aromatic rings. The third kappa shape index (κ3) is 2.20. The van der Waals surface area contributed by atoms with E-state index in [1.807, 2.05) is 31.3 Å². The molecule has 1 aliphatic rings. The molecule has 0 bridgehead atoms. The van der Waals surface area contributed by atoms with Crippen LogP contribution >= 0.6 is 0 Å². The van der Waals surface area contributed by atoms with E-state index in [2.05, 4.69) is 42.2 Å². The van der Waals surface area contributed by atoms with E-state index in [-0.39, 0.29) is 11.9 Å². The van der Waals surface area contributed by atoms with E-state index in [1.54, 1.807) is 0 Å². The quantitative estimate of drug-likeness (QED) is 0.604. The number of fused-ring (bicyclic) bond motifs is 1. The van der Waals surface area contributed by atoms with Crippen molar-refractivity contribution >= 4 is 10.8 Å². The van der Waals surface area contributed by atoms with Crippen LogP contribution in [-0.4, -0.2) is 18.5 Å². The molecule has 0 aromatic heterocycles. The molecule has 22 heavy (non-hydrogen) atoms. The molecule has 3 aromatic carbocycles. The van der Waals surface area contributed by atoms with Crippen LogP contribution in [0.3, 0.4) is 0 Å². The van der Waals surface area contributed by atoms with Crippen molar-refractivity contribution < 1.29 is 4.39 Å². The fraction of sp³-hybridized carbons (Fsp3) is 0.200. The third-order valence-electron chi connectivity index (χ3n) is 4.59. The Balaban J connectivity index is 1.80. The standard InChI is InChI=1S/C20H18FN/c1-13-3-5-14(6-4-13)15-7-9-17-16(11-15)8-10-18(20(17)21)19-12-22(19)2/h3-11,19H,12H2,1-2H3/t19-,22-/m0/s1. The molecule has 1 heterocycles. The molecule has 0 spiro atoms. The summed E-state index contributed by atoms with van der Waals surface area (Å²) in [5.41, 5.74) is 4.36. The zero-order chi connectivity index (χ0) is 15.3. The van der Waals surface area contributed by atoms with Gasteiger partial charge in [0.15, 0.2) is 0 Å². The van der Waals surface area contributed by atoms with Gasteiger partial charge in [0, 0.05) is 17.5 Å². The number of hydrogen-bond donors (Lipinski definition) is 0. The van der Waals surface area contributed by atoms with Crippen molar-refractivity contribution in [2.24, 2.45) is 0 Å². The van der Waals surface area contributed by atoms with Gasteiger partial charge in [-0.25, -0.2) is 4.39 Å². The molecule has 0 unspecified atom stereocenters. The molecule has 0 aliphatic carbocycles. The van der Waals surface area contributed by atoms with Crippen molar-refractivity contribution in [1.82, 2.24) is 4.90 Å². The maximum Gasteiger partial charge on any atom is 0.135 e. The predicted molar refractivity (Wildman–Crippen MR) is 89.5 cm³/mol. The van der Waals surface area contributed by atoms with Crippen LogP contribution in [0.15, 0.2) is 54.6 Å². The highest BCUT2D eigenvalue weighted by molar-refractivity contribution is 5.88. The lowest BCUT2D eigenvalue weighted by atomic mass is 9.98. The Labute approximate surface area is 130 Å². The molecule has 110 valence electrons. The molecule has 1 fully saturated rings. The van der Waals surface area contributed by atoms with E-state index in [0.717, 1.165) is 23.1 Å². The minimum atomic E-state index is -0.0673. The highest BCUT2D eigenvalue weighted by Crippen LogP contribution is 2.37. The molecule has 2 heteroatoms.